The van der Waals surface area contributed by atoms with Crippen LogP contribution in [0.4, 0.5) is 8.78 Å². The van der Waals surface area contributed by atoms with Crippen molar-refractivity contribution < 1.29 is 13.5 Å². The number of rotatable bonds is 5. The number of benzene rings is 1. The van der Waals surface area contributed by atoms with Crippen molar-refractivity contribution in [3.05, 3.63) is 57.4 Å². The largest absolute Gasteiger partial charge is 0.358 e. The van der Waals surface area contributed by atoms with Gasteiger partial charge in [0, 0.05) is 22.1 Å². The van der Waals surface area contributed by atoms with Crippen LogP contribution in [0.25, 0.3) is 0 Å². The number of pyridine rings is 1. The summed E-state index contributed by atoms with van der Waals surface area (Å²) in [5.41, 5.74) is 6.67. The molecule has 5 rings (SSSR count). The van der Waals surface area contributed by atoms with Gasteiger partial charge in [0.15, 0.2) is 0 Å². The molecule has 0 N–H and O–H groups in total. The Labute approximate surface area is 256 Å². The van der Waals surface area contributed by atoms with Gasteiger partial charge in [-0.3, -0.25) is 4.98 Å². The van der Waals surface area contributed by atoms with Crippen molar-refractivity contribution in [2.24, 2.45) is 5.41 Å². The van der Waals surface area contributed by atoms with E-state index in [4.69, 9.17) is 9.72 Å². The molecule has 0 bridgehead atoms. The third kappa shape index (κ3) is 5.40. The van der Waals surface area contributed by atoms with Gasteiger partial charge in [0.05, 0.1) is 13.7 Å². The Morgan fingerprint density at radius 1 is 1.02 bits per heavy atom. The van der Waals surface area contributed by atoms with Crippen LogP contribution < -0.4 is 5.19 Å². The fourth-order valence-corrected chi connectivity index (χ4v) is 12.0. The first-order valence-electron chi connectivity index (χ1n) is 16.4. The van der Waals surface area contributed by atoms with Crippen LogP contribution in [0.15, 0.2) is 12.1 Å². The molecule has 1 spiro atoms. The second kappa shape index (κ2) is 10.3. The highest BCUT2D eigenvalue weighted by molar-refractivity contribution is 6.88. The number of aromatic nitrogens is 1. The van der Waals surface area contributed by atoms with Gasteiger partial charge < -0.3 is 4.74 Å². The molecule has 2 heterocycles. The van der Waals surface area contributed by atoms with Gasteiger partial charge in [-0.25, -0.2) is 8.78 Å². The number of halogens is 2. The predicted octanol–water partition coefficient (Wildman–Crippen LogP) is 10.5. The molecule has 3 aliphatic rings. The van der Waals surface area contributed by atoms with Crippen LogP contribution in [0.3, 0.4) is 0 Å². The van der Waals surface area contributed by atoms with Crippen LogP contribution in [0.5, 0.6) is 0 Å². The lowest BCUT2D eigenvalue weighted by atomic mass is 9.67. The molecule has 1 saturated carbocycles. The Morgan fingerprint density at radius 3 is 2.10 bits per heavy atom. The summed E-state index contributed by atoms with van der Waals surface area (Å²) in [6.07, 6.45) is 5.81. The average Bonchev–Trinajstić information content (AvgIpc) is 3.40. The molecule has 0 saturated heterocycles. The number of ether oxygens (including phenoxy) is 1. The molecule has 1 aliphatic heterocycles. The molecule has 6 heteroatoms. The van der Waals surface area contributed by atoms with E-state index in [1.54, 1.807) is 12.1 Å². The molecule has 42 heavy (non-hydrogen) atoms. The fraction of sp³-hybridized carbons (Fsp3) is 0.694. The molecule has 0 radical (unpaired) electrons. The highest BCUT2D eigenvalue weighted by atomic mass is 28.3. The van der Waals surface area contributed by atoms with Gasteiger partial charge in [-0.15, -0.1) is 19.2 Å². The Balaban J connectivity index is 1.79. The highest BCUT2D eigenvalue weighted by Gasteiger charge is 2.53. The first-order valence-corrected chi connectivity index (χ1v) is 23.1. The molecule has 233 valence electrons. The maximum Gasteiger partial charge on any atom is 0.125 e. The van der Waals surface area contributed by atoms with Gasteiger partial charge in [-0.05, 0) is 71.8 Å². The Bertz CT molecular complexity index is 1350. The molecule has 2 atom stereocenters. The summed E-state index contributed by atoms with van der Waals surface area (Å²) in [6, 6.07) is 4.38. The Kier molecular flexibility index (Phi) is 7.88. The van der Waals surface area contributed by atoms with E-state index >= 15 is 8.78 Å². The SMILES string of the molecule is CC(C)c1nc2c(c3c1[C@@H](c1cc(F)c([Si](C)(C)C)c(F)c1)OC31CCCC1)[C@@H](C[Si-](C)(C)C(C)(C)C)CC(C)(C)C2. The van der Waals surface area contributed by atoms with Crippen molar-refractivity contribution in [3.63, 3.8) is 0 Å². The van der Waals surface area contributed by atoms with E-state index in [-0.39, 0.29) is 16.5 Å². The van der Waals surface area contributed by atoms with Crippen LogP contribution in [0, 0.1) is 17.0 Å². The van der Waals surface area contributed by atoms with E-state index in [2.05, 4.69) is 61.6 Å². The van der Waals surface area contributed by atoms with Gasteiger partial charge in [-0.1, -0.05) is 80.9 Å². The molecular formula is C36H55F2NOSi2-. The van der Waals surface area contributed by atoms with E-state index in [1.165, 1.54) is 22.9 Å². The maximum atomic E-state index is 15.7. The van der Waals surface area contributed by atoms with E-state index in [0.717, 1.165) is 49.8 Å². The van der Waals surface area contributed by atoms with Crippen molar-refractivity contribution in [2.75, 3.05) is 0 Å². The minimum Gasteiger partial charge on any atom is -0.358 e. The summed E-state index contributed by atoms with van der Waals surface area (Å²) >= 11 is 0. The lowest BCUT2D eigenvalue weighted by Gasteiger charge is -2.52. The smallest absolute Gasteiger partial charge is 0.125 e. The summed E-state index contributed by atoms with van der Waals surface area (Å²) in [5, 5.41) is 0.574. The molecule has 2 aliphatic carbocycles. The van der Waals surface area contributed by atoms with E-state index in [9.17, 15) is 0 Å². The summed E-state index contributed by atoms with van der Waals surface area (Å²) in [6.45, 7) is 27.6. The van der Waals surface area contributed by atoms with Gasteiger partial charge in [0.25, 0.3) is 0 Å². The zero-order valence-corrected chi connectivity index (χ0v) is 30.4. The summed E-state index contributed by atoms with van der Waals surface area (Å²) in [5.74, 6) is -0.228. The topological polar surface area (TPSA) is 22.1 Å². The van der Waals surface area contributed by atoms with Crippen molar-refractivity contribution >= 4 is 21.3 Å². The molecule has 1 aromatic heterocycles. The van der Waals surface area contributed by atoms with Crippen LogP contribution in [0.1, 0.15) is 132 Å². The Hall–Kier alpha value is -1.38. The molecular weight excluding hydrogens is 557 g/mol. The van der Waals surface area contributed by atoms with Crippen molar-refractivity contribution in [2.45, 2.75) is 154 Å². The molecule has 1 aromatic carbocycles. The minimum atomic E-state index is -2.20. The zero-order valence-electron chi connectivity index (χ0n) is 28.4. The van der Waals surface area contributed by atoms with Crippen molar-refractivity contribution in [1.29, 1.82) is 0 Å². The minimum absolute atomic E-state index is 0.177. The van der Waals surface area contributed by atoms with Crippen LogP contribution >= 0.6 is 0 Å². The fourth-order valence-electron chi connectivity index (χ4n) is 8.20. The van der Waals surface area contributed by atoms with Crippen molar-refractivity contribution in [1.82, 2.24) is 4.98 Å². The second-order valence-corrected chi connectivity index (χ2v) is 28.4. The molecule has 2 nitrogen and oxygen atoms in total. The van der Waals surface area contributed by atoms with E-state index in [1.807, 2.05) is 19.6 Å². The highest BCUT2D eigenvalue weighted by Crippen LogP contribution is 2.61. The second-order valence-electron chi connectivity index (χ2n) is 17.7. The van der Waals surface area contributed by atoms with Crippen LogP contribution in [-0.2, 0) is 16.8 Å². The quantitative estimate of drug-likeness (QED) is 0.314. The normalized spacial score (nSPS) is 23.5. The van der Waals surface area contributed by atoms with Crippen LogP contribution in [0.2, 0.25) is 43.8 Å². The van der Waals surface area contributed by atoms with Gasteiger partial charge in [0.2, 0.25) is 0 Å². The number of hydrogen-bond donors (Lipinski definition) is 0. The molecule has 2 aromatic rings. The molecule has 1 fully saturated rings. The number of fused-ring (bicyclic) bond motifs is 4. The lowest BCUT2D eigenvalue weighted by molar-refractivity contribution is -0.0572. The summed E-state index contributed by atoms with van der Waals surface area (Å²) in [7, 11) is -3.82. The zero-order chi connectivity index (χ0) is 31.2. The summed E-state index contributed by atoms with van der Waals surface area (Å²) in [4.78, 5) is 5.51. The van der Waals surface area contributed by atoms with Crippen LogP contribution in [-0.4, -0.2) is 21.1 Å². The lowest BCUT2D eigenvalue weighted by Crippen LogP contribution is -2.42. The van der Waals surface area contributed by atoms with Crippen molar-refractivity contribution in [3.8, 4) is 0 Å². The standard InChI is InChI=1S/C36H55F2NOSi2/c1-22(2)31-29-30(28-24(21-42(11,12)34(3,4)5)19-35(6,7)20-27(28)39-31)36(15-13-14-16-36)40-32(29)23-17-25(37)33(26(38)18-23)41(8,9)10/h17-18,22,24,32H,13-16,19-21H2,1-12H3/q-1/t24-,32-/m1/s1. The van der Waals surface area contributed by atoms with E-state index in [0.29, 0.717) is 16.5 Å². The van der Waals surface area contributed by atoms with Gasteiger partial charge >= 0.3 is 0 Å². The number of hydrogen-bond acceptors (Lipinski definition) is 2. The third-order valence-electron chi connectivity index (χ3n) is 11.2. The molecule has 0 amide bonds. The first kappa shape index (κ1) is 32.0. The third-order valence-corrected chi connectivity index (χ3v) is 18.7. The monoisotopic (exact) mass is 611 g/mol. The average molecular weight is 612 g/mol. The number of nitrogens with zero attached hydrogens (tertiary/aromatic N) is 1. The van der Waals surface area contributed by atoms with Gasteiger partial charge in [0.1, 0.15) is 17.7 Å². The first-order chi connectivity index (χ1) is 19.2. The summed E-state index contributed by atoms with van der Waals surface area (Å²) < 4.78 is 38.6. The molecule has 0 unspecified atom stereocenters. The maximum absolute atomic E-state index is 15.7. The van der Waals surface area contributed by atoms with Gasteiger partial charge in [-0.2, -0.15) is 13.1 Å². The predicted molar refractivity (Wildman–Crippen MR) is 178 cm³/mol. The Morgan fingerprint density at radius 2 is 1.60 bits per heavy atom. The van der Waals surface area contributed by atoms with E-state index < -0.39 is 39.5 Å².